The number of aromatic nitrogens is 4. The second-order valence-electron chi connectivity index (χ2n) is 10.0. The van der Waals surface area contributed by atoms with Crippen LogP contribution in [0.2, 0.25) is 0 Å². The molecule has 2 fully saturated rings. The molecule has 36 heavy (non-hydrogen) atoms. The number of hydrogen-bond donors (Lipinski definition) is 3. The van der Waals surface area contributed by atoms with Crippen LogP contribution in [0, 0.1) is 5.92 Å². The fraction of sp³-hybridized carbons (Fsp3) is 0.400. The van der Waals surface area contributed by atoms with Crippen molar-refractivity contribution in [1.82, 2.24) is 30.0 Å². The molecular weight excluding hydrogens is 476 g/mol. The highest BCUT2D eigenvalue weighted by Gasteiger charge is 2.35. The Kier molecular flexibility index (Phi) is 5.60. The van der Waals surface area contributed by atoms with Gasteiger partial charge in [-0.25, -0.2) is 9.97 Å². The van der Waals surface area contributed by atoms with E-state index in [-0.39, 0.29) is 6.04 Å². The number of nitrogens with one attached hydrogen (secondary N) is 2. The van der Waals surface area contributed by atoms with E-state index in [2.05, 4.69) is 57.6 Å². The van der Waals surface area contributed by atoms with Crippen LogP contribution in [0.5, 0.6) is 0 Å². The number of hydrogen-bond acceptors (Lipinski definition) is 8. The van der Waals surface area contributed by atoms with Crippen molar-refractivity contribution >= 4 is 55.8 Å². The van der Waals surface area contributed by atoms with E-state index >= 15 is 0 Å². The second-order valence-corrected chi connectivity index (χ2v) is 11.1. The number of H-pyrrole nitrogens is 1. The van der Waals surface area contributed by atoms with Gasteiger partial charge in [0.25, 0.3) is 0 Å². The van der Waals surface area contributed by atoms with Crippen molar-refractivity contribution in [3.8, 4) is 0 Å². The molecule has 2 amide bonds. The molecule has 2 aliphatic rings. The number of rotatable bonds is 3. The van der Waals surface area contributed by atoms with Gasteiger partial charge in [-0.15, -0.1) is 11.3 Å². The van der Waals surface area contributed by atoms with E-state index in [4.69, 9.17) is 10.7 Å². The number of nitrogen functional groups attached to an aromatic ring is 1. The van der Waals surface area contributed by atoms with E-state index in [1.165, 1.54) is 11.2 Å². The maximum Gasteiger partial charge on any atom is 0.314 e. The summed E-state index contributed by atoms with van der Waals surface area (Å²) in [6.45, 7) is 4.71. The van der Waals surface area contributed by atoms with Crippen molar-refractivity contribution < 1.29 is 9.59 Å². The summed E-state index contributed by atoms with van der Waals surface area (Å²) in [5.41, 5.74) is 8.77. The summed E-state index contributed by atoms with van der Waals surface area (Å²) in [5, 5.41) is 11.3. The SMILES string of the molecule is C[C@H]1CC[C@H](c2ccc3sc(C4CN(C)C4)nc3c2)N(C(=O)C(=O)Nc2cnc(N)c3cn[nH]c23)C1. The largest absolute Gasteiger partial charge is 0.383 e. The molecule has 0 radical (unpaired) electrons. The van der Waals surface area contributed by atoms with Crippen LogP contribution in [0.3, 0.4) is 0 Å². The lowest BCUT2D eigenvalue weighted by molar-refractivity contribution is -0.146. The third kappa shape index (κ3) is 3.97. The van der Waals surface area contributed by atoms with E-state index in [1.807, 2.05) is 0 Å². The lowest BCUT2D eigenvalue weighted by atomic mass is 9.89. The molecule has 2 saturated heterocycles. The van der Waals surface area contributed by atoms with E-state index in [1.54, 1.807) is 22.4 Å². The van der Waals surface area contributed by atoms with Crippen molar-refractivity contribution in [2.24, 2.45) is 5.92 Å². The lowest BCUT2D eigenvalue weighted by Crippen LogP contribution is -2.46. The van der Waals surface area contributed by atoms with Crippen LogP contribution in [0.1, 0.15) is 42.3 Å². The first kappa shape index (κ1) is 22.9. The molecule has 3 aromatic heterocycles. The van der Waals surface area contributed by atoms with E-state index < -0.39 is 11.8 Å². The predicted octanol–water partition coefficient (Wildman–Crippen LogP) is 3.12. The number of anilines is 2. The monoisotopic (exact) mass is 504 g/mol. The molecule has 0 bridgehead atoms. The molecule has 0 aliphatic carbocycles. The van der Waals surface area contributed by atoms with E-state index in [0.29, 0.717) is 40.8 Å². The highest BCUT2D eigenvalue weighted by atomic mass is 32.1. The minimum absolute atomic E-state index is 0.180. The summed E-state index contributed by atoms with van der Waals surface area (Å²) < 4.78 is 1.16. The standard InChI is InChI=1S/C25H28N8O2S/c1-13-3-5-19(14-4-6-20-17(7-14)30-24(36-20)15-11-32(2)12-15)33(10-13)25(35)23(34)29-18-9-27-22(26)16-8-28-31-21(16)18/h4,6-9,13,15,19H,3,5,10-12H2,1-2H3,(H2,26,27)(H,28,31)(H,29,34)/t13-,19+/m0/s1. The number of benzene rings is 1. The summed E-state index contributed by atoms with van der Waals surface area (Å²) in [6, 6.07) is 6.09. The molecule has 0 spiro atoms. The summed E-state index contributed by atoms with van der Waals surface area (Å²) in [7, 11) is 2.12. The number of aromatic amines is 1. The number of likely N-dealkylation sites (N-methyl/N-ethyl adjacent to an activating group) is 1. The van der Waals surface area contributed by atoms with Crippen LogP contribution < -0.4 is 11.1 Å². The number of amides is 2. The highest BCUT2D eigenvalue weighted by molar-refractivity contribution is 7.18. The Balaban J connectivity index is 1.25. The number of nitrogens with zero attached hydrogens (tertiary/aromatic N) is 5. The summed E-state index contributed by atoms with van der Waals surface area (Å²) in [5.74, 6) is -0.161. The van der Waals surface area contributed by atoms with Gasteiger partial charge < -0.3 is 20.9 Å². The topological polar surface area (TPSA) is 133 Å². The second kappa shape index (κ2) is 8.82. The molecule has 11 heteroatoms. The zero-order chi connectivity index (χ0) is 25.0. The summed E-state index contributed by atoms with van der Waals surface area (Å²) in [4.78, 5) is 39.5. The number of piperidine rings is 1. The third-order valence-electron chi connectivity index (χ3n) is 7.26. The van der Waals surface area contributed by atoms with Crippen LogP contribution in [0.25, 0.3) is 21.1 Å². The van der Waals surface area contributed by atoms with Crippen molar-refractivity contribution in [3.05, 3.63) is 41.2 Å². The molecular formula is C25H28N8O2S. The van der Waals surface area contributed by atoms with Gasteiger partial charge >= 0.3 is 11.8 Å². The van der Waals surface area contributed by atoms with Crippen LogP contribution in [-0.4, -0.2) is 68.5 Å². The first-order chi connectivity index (χ1) is 17.4. The molecule has 5 heterocycles. The van der Waals surface area contributed by atoms with Gasteiger partial charge in [-0.05, 0) is 43.5 Å². The number of carbonyl (C=O) groups excluding carboxylic acids is 2. The Morgan fingerprint density at radius 3 is 2.83 bits per heavy atom. The van der Waals surface area contributed by atoms with Gasteiger partial charge in [-0.3, -0.25) is 14.7 Å². The van der Waals surface area contributed by atoms with Crippen molar-refractivity contribution in [2.75, 3.05) is 37.7 Å². The van der Waals surface area contributed by atoms with E-state index in [9.17, 15) is 9.59 Å². The number of nitrogens with two attached hydrogens (primary N) is 1. The van der Waals surface area contributed by atoms with Crippen molar-refractivity contribution in [1.29, 1.82) is 0 Å². The summed E-state index contributed by atoms with van der Waals surface area (Å²) >= 11 is 1.75. The molecule has 0 unspecified atom stereocenters. The van der Waals surface area contributed by atoms with Gasteiger partial charge in [0.15, 0.2) is 0 Å². The van der Waals surface area contributed by atoms with Gasteiger partial charge in [0, 0.05) is 25.6 Å². The molecule has 2 atom stereocenters. The van der Waals surface area contributed by atoms with Crippen LogP contribution in [-0.2, 0) is 9.59 Å². The first-order valence-electron chi connectivity index (χ1n) is 12.2. The molecule has 186 valence electrons. The third-order valence-corrected chi connectivity index (χ3v) is 8.46. The van der Waals surface area contributed by atoms with Gasteiger partial charge in [0.2, 0.25) is 0 Å². The quantitative estimate of drug-likeness (QED) is 0.365. The molecule has 0 saturated carbocycles. The van der Waals surface area contributed by atoms with Gasteiger partial charge in [-0.2, -0.15) is 5.10 Å². The smallest absolute Gasteiger partial charge is 0.314 e. The maximum atomic E-state index is 13.4. The number of carbonyl (C=O) groups is 2. The Bertz CT molecular complexity index is 1470. The first-order valence-corrected chi connectivity index (χ1v) is 13.0. The Labute approximate surface area is 211 Å². The molecule has 4 aromatic rings. The Morgan fingerprint density at radius 1 is 1.19 bits per heavy atom. The average Bonchev–Trinajstić information content (AvgIpc) is 3.50. The predicted molar refractivity (Wildman–Crippen MR) is 140 cm³/mol. The van der Waals surface area contributed by atoms with Crippen LogP contribution in [0.15, 0.2) is 30.6 Å². The fourth-order valence-corrected chi connectivity index (χ4v) is 6.31. The number of likely N-dealkylation sites (tertiary alicyclic amines) is 2. The molecule has 2 aliphatic heterocycles. The Hall–Kier alpha value is -3.57. The van der Waals surface area contributed by atoms with E-state index in [0.717, 1.165) is 41.7 Å². The van der Waals surface area contributed by atoms with Gasteiger partial charge in [0.1, 0.15) is 5.82 Å². The minimum Gasteiger partial charge on any atom is -0.383 e. The summed E-state index contributed by atoms with van der Waals surface area (Å²) in [6.07, 6.45) is 4.76. The Morgan fingerprint density at radius 2 is 2.03 bits per heavy atom. The number of thiazole rings is 1. The molecule has 6 rings (SSSR count). The van der Waals surface area contributed by atoms with Crippen LogP contribution >= 0.6 is 11.3 Å². The van der Waals surface area contributed by atoms with Crippen LogP contribution in [0.4, 0.5) is 11.5 Å². The molecule has 10 nitrogen and oxygen atoms in total. The molecule has 1 aromatic carbocycles. The van der Waals surface area contributed by atoms with Gasteiger partial charge in [-0.1, -0.05) is 13.0 Å². The number of fused-ring (bicyclic) bond motifs is 2. The molecule has 4 N–H and O–H groups in total. The average molecular weight is 505 g/mol. The minimum atomic E-state index is -0.706. The lowest BCUT2D eigenvalue weighted by Gasteiger charge is -2.38. The normalized spacial score (nSPS) is 21.1. The highest BCUT2D eigenvalue weighted by Crippen LogP contribution is 2.37. The van der Waals surface area contributed by atoms with Crippen molar-refractivity contribution in [3.63, 3.8) is 0 Å². The zero-order valence-electron chi connectivity index (χ0n) is 20.2. The zero-order valence-corrected chi connectivity index (χ0v) is 21.0. The van der Waals surface area contributed by atoms with Gasteiger partial charge in [0.05, 0.1) is 50.3 Å². The fourth-order valence-electron chi connectivity index (χ4n) is 5.28. The maximum absolute atomic E-state index is 13.4. The van der Waals surface area contributed by atoms with Crippen molar-refractivity contribution in [2.45, 2.75) is 31.7 Å². The number of pyridine rings is 1.